The molecule has 1 atom stereocenters. The van der Waals surface area contributed by atoms with E-state index in [1.807, 2.05) is 49.4 Å². The lowest BCUT2D eigenvalue weighted by atomic mass is 9.97. The first-order chi connectivity index (χ1) is 12.1. The van der Waals surface area contributed by atoms with Crippen molar-refractivity contribution < 1.29 is 9.59 Å². The Morgan fingerprint density at radius 2 is 1.96 bits per heavy atom. The largest absolute Gasteiger partial charge is 0.350 e. The second-order valence-corrected chi connectivity index (χ2v) is 6.60. The molecule has 5 heteroatoms. The number of hydrogen-bond donors (Lipinski definition) is 1. The summed E-state index contributed by atoms with van der Waals surface area (Å²) in [5.74, 6) is -0.0507. The zero-order valence-electron chi connectivity index (χ0n) is 14.4. The lowest BCUT2D eigenvalue weighted by Crippen LogP contribution is -2.54. The molecule has 0 unspecified atom stereocenters. The molecular formula is C20H23N3O2. The van der Waals surface area contributed by atoms with E-state index in [2.05, 4.69) is 10.3 Å². The maximum Gasteiger partial charge on any atom is 0.245 e. The number of nitrogens with zero attached hydrogens (tertiary/aromatic N) is 2. The van der Waals surface area contributed by atoms with Gasteiger partial charge in [0, 0.05) is 31.9 Å². The number of hydrogen-bond acceptors (Lipinski definition) is 3. The van der Waals surface area contributed by atoms with Crippen molar-refractivity contribution in [3.05, 3.63) is 66.0 Å². The van der Waals surface area contributed by atoms with Crippen LogP contribution >= 0.6 is 0 Å². The number of likely N-dealkylation sites (tertiary alicyclic amines) is 1. The molecule has 1 aliphatic heterocycles. The molecule has 2 heterocycles. The third-order valence-electron chi connectivity index (χ3n) is 4.85. The number of nitrogens with one attached hydrogen (secondary N) is 1. The highest BCUT2D eigenvalue weighted by Gasteiger charge is 2.46. The van der Waals surface area contributed by atoms with Gasteiger partial charge in [0.15, 0.2) is 0 Å². The van der Waals surface area contributed by atoms with E-state index in [1.165, 1.54) is 5.56 Å². The van der Waals surface area contributed by atoms with Crippen molar-refractivity contribution in [2.45, 2.75) is 38.3 Å². The van der Waals surface area contributed by atoms with Crippen LogP contribution in [0.3, 0.4) is 0 Å². The smallest absolute Gasteiger partial charge is 0.245 e. The van der Waals surface area contributed by atoms with Gasteiger partial charge >= 0.3 is 0 Å². The highest BCUT2D eigenvalue weighted by molar-refractivity contribution is 5.94. The second-order valence-electron chi connectivity index (χ2n) is 6.60. The van der Waals surface area contributed by atoms with E-state index in [-0.39, 0.29) is 11.8 Å². The number of amides is 2. The molecule has 0 spiro atoms. The van der Waals surface area contributed by atoms with Crippen molar-refractivity contribution in [2.24, 2.45) is 0 Å². The molecule has 0 saturated carbocycles. The molecule has 1 aromatic carbocycles. The van der Waals surface area contributed by atoms with Crippen LogP contribution in [-0.4, -0.2) is 33.8 Å². The highest BCUT2D eigenvalue weighted by atomic mass is 16.2. The van der Waals surface area contributed by atoms with Gasteiger partial charge in [-0.1, -0.05) is 36.4 Å². The van der Waals surface area contributed by atoms with Crippen molar-refractivity contribution >= 4 is 11.8 Å². The van der Waals surface area contributed by atoms with Gasteiger partial charge in [-0.25, -0.2) is 0 Å². The minimum absolute atomic E-state index is 0.0509. The Morgan fingerprint density at radius 1 is 1.20 bits per heavy atom. The minimum Gasteiger partial charge on any atom is -0.350 e. The lowest BCUT2D eigenvalue weighted by Gasteiger charge is -2.34. The normalized spacial score (nSPS) is 19.9. The van der Waals surface area contributed by atoms with E-state index in [0.29, 0.717) is 25.9 Å². The van der Waals surface area contributed by atoms with Crippen LogP contribution in [0.2, 0.25) is 0 Å². The van der Waals surface area contributed by atoms with Crippen molar-refractivity contribution in [3.63, 3.8) is 0 Å². The monoisotopic (exact) mass is 337 g/mol. The van der Waals surface area contributed by atoms with Gasteiger partial charge in [-0.3, -0.25) is 14.6 Å². The number of pyridine rings is 1. The number of carbonyl (C=O) groups excluding carboxylic acids is 2. The predicted molar refractivity (Wildman–Crippen MR) is 95.6 cm³/mol. The molecule has 25 heavy (non-hydrogen) atoms. The van der Waals surface area contributed by atoms with Gasteiger partial charge in [0.25, 0.3) is 0 Å². The standard InChI is InChI=1S/C20H23N3O2/c1-20(19(25)22-15-17-8-5-12-21-14-17)11-9-18(24)23(20)13-10-16-6-3-2-4-7-16/h2-8,12,14H,9-11,13,15H2,1H3,(H,22,25)/t20-/m1/s1. The molecule has 2 amide bonds. The zero-order chi connectivity index (χ0) is 17.7. The zero-order valence-corrected chi connectivity index (χ0v) is 14.4. The summed E-state index contributed by atoms with van der Waals surface area (Å²) in [6, 6.07) is 13.8. The molecular weight excluding hydrogens is 314 g/mol. The molecule has 0 radical (unpaired) electrons. The predicted octanol–water partition coefficient (Wildman–Crippen LogP) is 2.32. The van der Waals surface area contributed by atoms with Crippen molar-refractivity contribution in [1.29, 1.82) is 0 Å². The summed E-state index contributed by atoms with van der Waals surface area (Å²) in [5.41, 5.74) is 1.33. The summed E-state index contributed by atoms with van der Waals surface area (Å²) in [7, 11) is 0. The van der Waals surface area contributed by atoms with Crippen LogP contribution in [-0.2, 0) is 22.6 Å². The summed E-state index contributed by atoms with van der Waals surface area (Å²) in [5, 5.41) is 2.96. The third kappa shape index (κ3) is 3.87. The second kappa shape index (κ2) is 7.47. The molecule has 1 saturated heterocycles. The van der Waals surface area contributed by atoms with Crippen LogP contribution in [0.4, 0.5) is 0 Å². The Hall–Kier alpha value is -2.69. The van der Waals surface area contributed by atoms with Gasteiger partial charge in [-0.05, 0) is 37.0 Å². The van der Waals surface area contributed by atoms with E-state index >= 15 is 0 Å². The summed E-state index contributed by atoms with van der Waals surface area (Å²) < 4.78 is 0. The van der Waals surface area contributed by atoms with E-state index in [0.717, 1.165) is 12.0 Å². The maximum absolute atomic E-state index is 12.8. The average molecular weight is 337 g/mol. The highest BCUT2D eigenvalue weighted by Crippen LogP contribution is 2.30. The first-order valence-corrected chi connectivity index (χ1v) is 8.61. The van der Waals surface area contributed by atoms with Gasteiger partial charge in [0.05, 0.1) is 0 Å². The van der Waals surface area contributed by atoms with Gasteiger partial charge in [0.1, 0.15) is 5.54 Å². The first-order valence-electron chi connectivity index (χ1n) is 8.61. The molecule has 5 nitrogen and oxygen atoms in total. The van der Waals surface area contributed by atoms with E-state index < -0.39 is 5.54 Å². The fourth-order valence-electron chi connectivity index (χ4n) is 3.26. The number of carbonyl (C=O) groups is 2. The van der Waals surface area contributed by atoms with Crippen molar-refractivity contribution in [3.8, 4) is 0 Å². The van der Waals surface area contributed by atoms with Gasteiger partial charge in [-0.15, -0.1) is 0 Å². The SMILES string of the molecule is C[C@]1(C(=O)NCc2cccnc2)CCC(=O)N1CCc1ccccc1. The van der Waals surface area contributed by atoms with Crippen LogP contribution in [0.5, 0.6) is 0 Å². The molecule has 1 aliphatic rings. The van der Waals surface area contributed by atoms with Crippen molar-refractivity contribution in [2.75, 3.05) is 6.54 Å². The lowest BCUT2D eigenvalue weighted by molar-refractivity contribution is -0.140. The quantitative estimate of drug-likeness (QED) is 0.880. The average Bonchev–Trinajstić information content (AvgIpc) is 2.95. The molecule has 130 valence electrons. The summed E-state index contributed by atoms with van der Waals surface area (Å²) in [6.45, 7) is 2.84. The number of benzene rings is 1. The molecule has 1 fully saturated rings. The van der Waals surface area contributed by atoms with E-state index in [1.54, 1.807) is 17.3 Å². The molecule has 3 rings (SSSR count). The van der Waals surface area contributed by atoms with Crippen LogP contribution in [0.25, 0.3) is 0 Å². The molecule has 1 aromatic heterocycles. The van der Waals surface area contributed by atoms with Crippen molar-refractivity contribution in [1.82, 2.24) is 15.2 Å². The van der Waals surface area contributed by atoms with Gasteiger partial charge in [0.2, 0.25) is 11.8 Å². The molecule has 0 aliphatic carbocycles. The number of aromatic nitrogens is 1. The Kier molecular flexibility index (Phi) is 5.12. The van der Waals surface area contributed by atoms with Crippen LogP contribution in [0.1, 0.15) is 30.9 Å². The molecule has 1 N–H and O–H groups in total. The Balaban J connectivity index is 1.64. The van der Waals surface area contributed by atoms with Gasteiger partial charge < -0.3 is 10.2 Å². The van der Waals surface area contributed by atoms with Gasteiger partial charge in [-0.2, -0.15) is 0 Å². The Morgan fingerprint density at radius 3 is 2.68 bits per heavy atom. The Labute approximate surface area is 148 Å². The van der Waals surface area contributed by atoms with Crippen LogP contribution < -0.4 is 5.32 Å². The minimum atomic E-state index is -0.784. The topological polar surface area (TPSA) is 62.3 Å². The fraction of sp³-hybridized carbons (Fsp3) is 0.350. The van der Waals surface area contributed by atoms with Crippen LogP contribution in [0, 0.1) is 0 Å². The summed E-state index contributed by atoms with van der Waals surface area (Å²) in [4.78, 5) is 30.9. The molecule has 0 bridgehead atoms. The maximum atomic E-state index is 12.8. The van der Waals surface area contributed by atoms with Crippen LogP contribution in [0.15, 0.2) is 54.9 Å². The first kappa shape index (κ1) is 17.1. The summed E-state index contributed by atoms with van der Waals surface area (Å²) >= 11 is 0. The third-order valence-corrected chi connectivity index (χ3v) is 4.85. The summed E-state index contributed by atoms with van der Waals surface area (Å²) in [6.07, 6.45) is 5.16. The van der Waals surface area contributed by atoms with E-state index in [9.17, 15) is 9.59 Å². The fourth-order valence-corrected chi connectivity index (χ4v) is 3.26. The number of rotatable bonds is 6. The molecule has 2 aromatic rings. The van der Waals surface area contributed by atoms with E-state index in [4.69, 9.17) is 0 Å². The Bertz CT molecular complexity index is 733.